The van der Waals surface area contributed by atoms with Gasteiger partial charge in [0, 0.05) is 23.6 Å². The second-order valence-corrected chi connectivity index (χ2v) is 7.32. The maximum atomic E-state index is 3.59. The molecule has 1 aromatic rings. The number of halogens is 1. The quantitative estimate of drug-likeness (QED) is 0.764. The molecule has 114 valence electrons. The summed E-state index contributed by atoms with van der Waals surface area (Å²) in [5, 5.41) is 3.59. The third-order valence-electron chi connectivity index (χ3n) is 3.56. The lowest BCUT2D eigenvalue weighted by molar-refractivity contribution is 0.178. The molecule has 20 heavy (non-hydrogen) atoms. The summed E-state index contributed by atoms with van der Waals surface area (Å²) in [5.74, 6) is 1.35. The predicted octanol–water partition coefficient (Wildman–Crippen LogP) is 4.15. The van der Waals surface area contributed by atoms with E-state index in [0.717, 1.165) is 24.1 Å². The van der Waals surface area contributed by atoms with E-state index in [1.165, 1.54) is 5.56 Å². The Bertz CT molecular complexity index is 390. The van der Waals surface area contributed by atoms with Crippen molar-refractivity contribution in [3.8, 4) is 0 Å². The molecule has 0 aliphatic rings. The van der Waals surface area contributed by atoms with Crippen molar-refractivity contribution in [2.75, 3.05) is 20.1 Å². The Hall–Kier alpha value is -0.380. The van der Waals surface area contributed by atoms with Gasteiger partial charge in [-0.1, -0.05) is 55.8 Å². The molecular formula is C17H29BrN2. The van der Waals surface area contributed by atoms with Crippen molar-refractivity contribution in [2.24, 2.45) is 11.8 Å². The van der Waals surface area contributed by atoms with E-state index in [9.17, 15) is 0 Å². The Morgan fingerprint density at radius 3 is 2.40 bits per heavy atom. The molecule has 0 aliphatic carbocycles. The van der Waals surface area contributed by atoms with Crippen LogP contribution in [-0.2, 0) is 6.54 Å². The van der Waals surface area contributed by atoms with Crippen LogP contribution in [0.5, 0.6) is 0 Å². The first kappa shape index (κ1) is 17.7. The van der Waals surface area contributed by atoms with Crippen molar-refractivity contribution < 1.29 is 0 Å². The summed E-state index contributed by atoms with van der Waals surface area (Å²) in [7, 11) is 2.22. The molecule has 0 amide bonds. The first-order valence-electron chi connectivity index (χ1n) is 7.55. The van der Waals surface area contributed by atoms with Crippen LogP contribution in [0.4, 0.5) is 0 Å². The highest BCUT2D eigenvalue weighted by molar-refractivity contribution is 9.10. The van der Waals surface area contributed by atoms with Gasteiger partial charge in [0.1, 0.15) is 0 Å². The Morgan fingerprint density at radius 2 is 1.85 bits per heavy atom. The zero-order chi connectivity index (χ0) is 15.1. The molecule has 3 heteroatoms. The zero-order valence-electron chi connectivity index (χ0n) is 13.5. The van der Waals surface area contributed by atoms with Crippen LogP contribution in [0, 0.1) is 11.8 Å². The highest BCUT2D eigenvalue weighted by atomic mass is 79.9. The zero-order valence-corrected chi connectivity index (χ0v) is 15.1. The minimum atomic E-state index is 0.563. The molecule has 0 aromatic heterocycles. The lowest BCUT2D eigenvalue weighted by Crippen LogP contribution is -2.43. The van der Waals surface area contributed by atoms with Crippen LogP contribution in [-0.4, -0.2) is 31.1 Å². The van der Waals surface area contributed by atoms with Crippen molar-refractivity contribution in [1.29, 1.82) is 0 Å². The maximum absolute atomic E-state index is 3.59. The van der Waals surface area contributed by atoms with Gasteiger partial charge in [-0.3, -0.25) is 4.90 Å². The Morgan fingerprint density at radius 1 is 1.15 bits per heavy atom. The van der Waals surface area contributed by atoms with E-state index in [-0.39, 0.29) is 0 Å². The van der Waals surface area contributed by atoms with Crippen LogP contribution >= 0.6 is 15.9 Å². The highest BCUT2D eigenvalue weighted by Gasteiger charge is 2.18. The predicted molar refractivity (Wildman–Crippen MR) is 91.9 cm³/mol. The monoisotopic (exact) mass is 340 g/mol. The largest absolute Gasteiger partial charge is 0.315 e. The maximum Gasteiger partial charge on any atom is 0.0244 e. The highest BCUT2D eigenvalue weighted by Crippen LogP contribution is 2.16. The van der Waals surface area contributed by atoms with Gasteiger partial charge >= 0.3 is 0 Å². The van der Waals surface area contributed by atoms with Crippen molar-refractivity contribution >= 4 is 15.9 Å². The number of benzene rings is 1. The van der Waals surface area contributed by atoms with Gasteiger partial charge in [-0.2, -0.15) is 0 Å². The fraction of sp³-hybridized carbons (Fsp3) is 0.647. The van der Waals surface area contributed by atoms with Gasteiger partial charge in [0.25, 0.3) is 0 Å². The molecule has 0 fully saturated rings. The molecule has 1 rings (SSSR count). The summed E-state index contributed by atoms with van der Waals surface area (Å²) < 4.78 is 1.16. The first-order valence-corrected chi connectivity index (χ1v) is 8.34. The third-order valence-corrected chi connectivity index (χ3v) is 4.06. The Kier molecular flexibility index (Phi) is 7.78. The van der Waals surface area contributed by atoms with Gasteiger partial charge < -0.3 is 5.32 Å². The molecule has 1 unspecified atom stereocenters. The number of likely N-dealkylation sites (N-methyl/N-ethyl adjacent to an activating group) is 1. The number of rotatable bonds is 8. The van der Waals surface area contributed by atoms with Crippen LogP contribution in [0.2, 0.25) is 0 Å². The van der Waals surface area contributed by atoms with Gasteiger partial charge in [0.2, 0.25) is 0 Å². The molecule has 0 bridgehead atoms. The molecule has 0 heterocycles. The van der Waals surface area contributed by atoms with Gasteiger partial charge in [-0.05, 0) is 43.1 Å². The normalized spacial score (nSPS) is 13.4. The molecule has 0 saturated heterocycles. The number of hydrogen-bond donors (Lipinski definition) is 1. The summed E-state index contributed by atoms with van der Waals surface area (Å²) in [6.07, 6.45) is 0. The topological polar surface area (TPSA) is 15.3 Å². The standard InChI is InChI=1S/C17H29BrN2/c1-13(2)10-19-11-17(14(3)4)20(5)12-15-7-6-8-16(18)9-15/h6-9,13-14,17,19H,10-12H2,1-5H3. The van der Waals surface area contributed by atoms with Crippen LogP contribution in [0.25, 0.3) is 0 Å². The van der Waals surface area contributed by atoms with Crippen LogP contribution in [0.1, 0.15) is 33.3 Å². The fourth-order valence-corrected chi connectivity index (χ4v) is 2.91. The Labute approximate surface area is 133 Å². The molecule has 1 atom stereocenters. The minimum Gasteiger partial charge on any atom is -0.315 e. The molecule has 2 nitrogen and oxygen atoms in total. The summed E-state index contributed by atoms with van der Waals surface area (Å²) in [6, 6.07) is 9.14. The SMILES string of the molecule is CC(C)CNCC(C(C)C)N(C)Cc1cccc(Br)c1. The van der Waals surface area contributed by atoms with Crippen molar-refractivity contribution in [2.45, 2.75) is 40.3 Å². The molecule has 0 spiro atoms. The summed E-state index contributed by atoms with van der Waals surface area (Å²) >= 11 is 3.55. The number of nitrogens with one attached hydrogen (secondary N) is 1. The lowest BCUT2D eigenvalue weighted by atomic mass is 10.0. The van der Waals surface area contributed by atoms with Gasteiger partial charge in [0.05, 0.1) is 0 Å². The van der Waals surface area contributed by atoms with E-state index >= 15 is 0 Å². The Balaban J connectivity index is 2.57. The van der Waals surface area contributed by atoms with Gasteiger partial charge in [0.15, 0.2) is 0 Å². The van der Waals surface area contributed by atoms with E-state index in [2.05, 4.69) is 85.2 Å². The van der Waals surface area contributed by atoms with Gasteiger partial charge in [-0.15, -0.1) is 0 Å². The number of nitrogens with zero attached hydrogens (tertiary/aromatic N) is 1. The average molecular weight is 341 g/mol. The van der Waals surface area contributed by atoms with Crippen molar-refractivity contribution in [1.82, 2.24) is 10.2 Å². The van der Waals surface area contributed by atoms with E-state index in [0.29, 0.717) is 17.9 Å². The van der Waals surface area contributed by atoms with E-state index in [1.807, 2.05) is 0 Å². The lowest BCUT2D eigenvalue weighted by Gasteiger charge is -2.32. The molecule has 1 aromatic carbocycles. The minimum absolute atomic E-state index is 0.563. The average Bonchev–Trinajstić information content (AvgIpc) is 2.33. The summed E-state index contributed by atoms with van der Waals surface area (Å²) in [4.78, 5) is 2.46. The van der Waals surface area contributed by atoms with E-state index < -0.39 is 0 Å². The molecular weight excluding hydrogens is 312 g/mol. The number of hydrogen-bond acceptors (Lipinski definition) is 2. The summed E-state index contributed by atoms with van der Waals surface area (Å²) in [5.41, 5.74) is 1.36. The third kappa shape index (κ3) is 6.38. The first-order chi connectivity index (χ1) is 9.40. The van der Waals surface area contributed by atoms with Crippen molar-refractivity contribution in [3.63, 3.8) is 0 Å². The molecule has 1 N–H and O–H groups in total. The van der Waals surface area contributed by atoms with E-state index in [4.69, 9.17) is 0 Å². The fourth-order valence-electron chi connectivity index (χ4n) is 2.46. The molecule has 0 aliphatic heterocycles. The van der Waals surface area contributed by atoms with Crippen LogP contribution in [0.3, 0.4) is 0 Å². The van der Waals surface area contributed by atoms with Crippen LogP contribution < -0.4 is 5.32 Å². The van der Waals surface area contributed by atoms with Crippen molar-refractivity contribution in [3.05, 3.63) is 34.3 Å². The van der Waals surface area contributed by atoms with Gasteiger partial charge in [-0.25, -0.2) is 0 Å². The molecule has 0 saturated carbocycles. The second kappa shape index (κ2) is 8.81. The van der Waals surface area contributed by atoms with Crippen LogP contribution in [0.15, 0.2) is 28.7 Å². The second-order valence-electron chi connectivity index (χ2n) is 6.41. The van der Waals surface area contributed by atoms with E-state index in [1.54, 1.807) is 0 Å². The summed E-state index contributed by atoms with van der Waals surface area (Å²) in [6.45, 7) is 12.3. The smallest absolute Gasteiger partial charge is 0.0244 e. The molecule has 0 radical (unpaired) electrons.